The minimum atomic E-state index is -0.225. The van der Waals surface area contributed by atoms with Crippen LogP contribution in [0, 0.1) is 0 Å². The first-order valence-electron chi connectivity index (χ1n) is 9.84. The molecule has 0 saturated heterocycles. The number of para-hydroxylation sites is 1. The van der Waals surface area contributed by atoms with Gasteiger partial charge in [0.25, 0.3) is 5.91 Å². The number of benzene rings is 4. The lowest BCUT2D eigenvalue weighted by Gasteiger charge is -2.07. The minimum absolute atomic E-state index is 0.225. The van der Waals surface area contributed by atoms with Crippen molar-refractivity contribution in [2.24, 2.45) is 0 Å². The van der Waals surface area contributed by atoms with E-state index in [1.54, 1.807) is 18.2 Å². The zero-order chi connectivity index (χ0) is 21.0. The largest absolute Gasteiger partial charge is 0.457 e. The van der Waals surface area contributed by atoms with E-state index >= 15 is 0 Å². The predicted octanol–water partition coefficient (Wildman–Crippen LogP) is 7.01. The van der Waals surface area contributed by atoms with E-state index in [1.165, 1.54) is 11.3 Å². The molecule has 1 N–H and O–H groups in total. The number of nitrogens with one attached hydrogen (secondary N) is 1. The Morgan fingerprint density at radius 3 is 2.45 bits per heavy atom. The van der Waals surface area contributed by atoms with Crippen LogP contribution in [0.15, 0.2) is 102 Å². The van der Waals surface area contributed by atoms with Gasteiger partial charge in [0.1, 0.15) is 11.5 Å². The zero-order valence-corrected chi connectivity index (χ0v) is 17.3. The van der Waals surface area contributed by atoms with Crippen LogP contribution in [0.1, 0.15) is 10.4 Å². The van der Waals surface area contributed by atoms with Gasteiger partial charge in [0.05, 0.1) is 5.69 Å². The molecule has 5 aromatic rings. The number of fused-ring (bicyclic) bond motifs is 1. The van der Waals surface area contributed by atoms with E-state index in [9.17, 15) is 4.79 Å². The fraction of sp³-hybridized carbons (Fsp3) is 0. The van der Waals surface area contributed by atoms with E-state index in [0.717, 1.165) is 27.8 Å². The molecular weight excluding hydrogens is 404 g/mol. The van der Waals surface area contributed by atoms with Crippen LogP contribution in [-0.2, 0) is 0 Å². The molecule has 0 aliphatic rings. The monoisotopic (exact) mass is 422 g/mol. The summed E-state index contributed by atoms with van der Waals surface area (Å²) < 4.78 is 5.83. The predicted molar refractivity (Wildman–Crippen MR) is 126 cm³/mol. The second kappa shape index (κ2) is 8.42. The van der Waals surface area contributed by atoms with Crippen molar-refractivity contribution in [1.29, 1.82) is 0 Å². The van der Waals surface area contributed by atoms with Crippen LogP contribution < -0.4 is 10.1 Å². The van der Waals surface area contributed by atoms with Crippen LogP contribution in [0.4, 0.5) is 5.13 Å². The lowest BCUT2D eigenvalue weighted by Crippen LogP contribution is -2.11. The van der Waals surface area contributed by atoms with Crippen LogP contribution in [0.25, 0.3) is 22.0 Å². The van der Waals surface area contributed by atoms with Gasteiger partial charge in [-0.1, -0.05) is 66.7 Å². The van der Waals surface area contributed by atoms with Crippen LogP contribution in [0.5, 0.6) is 11.5 Å². The van der Waals surface area contributed by atoms with Crippen molar-refractivity contribution in [2.75, 3.05) is 5.32 Å². The zero-order valence-electron chi connectivity index (χ0n) is 16.5. The Morgan fingerprint density at radius 1 is 0.806 bits per heavy atom. The number of hydrogen-bond acceptors (Lipinski definition) is 4. The quantitative estimate of drug-likeness (QED) is 0.331. The first-order chi connectivity index (χ1) is 15.3. The molecule has 5 heteroatoms. The maximum absolute atomic E-state index is 12.8. The highest BCUT2D eigenvalue weighted by atomic mass is 32.1. The molecule has 0 aliphatic carbocycles. The van der Waals surface area contributed by atoms with Crippen LogP contribution >= 0.6 is 11.3 Å². The number of carbonyl (C=O) groups excluding carboxylic acids is 1. The van der Waals surface area contributed by atoms with Crippen LogP contribution in [0.3, 0.4) is 0 Å². The second-order valence-electron chi connectivity index (χ2n) is 6.96. The third-order valence-corrected chi connectivity index (χ3v) is 5.62. The van der Waals surface area contributed by atoms with Gasteiger partial charge in [0, 0.05) is 16.5 Å². The number of carbonyl (C=O) groups is 1. The summed E-state index contributed by atoms with van der Waals surface area (Å²) in [6, 6.07) is 30.9. The van der Waals surface area contributed by atoms with E-state index in [1.807, 2.05) is 66.0 Å². The number of anilines is 1. The fourth-order valence-corrected chi connectivity index (χ4v) is 4.10. The third kappa shape index (κ3) is 4.17. The highest BCUT2D eigenvalue weighted by Crippen LogP contribution is 2.31. The van der Waals surface area contributed by atoms with Crippen molar-refractivity contribution < 1.29 is 9.53 Å². The summed E-state index contributed by atoms with van der Waals surface area (Å²) in [5, 5.41) is 7.72. The molecule has 0 bridgehead atoms. The Balaban J connectivity index is 1.35. The highest BCUT2D eigenvalue weighted by molar-refractivity contribution is 7.14. The highest BCUT2D eigenvalue weighted by Gasteiger charge is 2.12. The lowest BCUT2D eigenvalue weighted by molar-refractivity contribution is 0.102. The average Bonchev–Trinajstić information content (AvgIpc) is 3.28. The summed E-state index contributed by atoms with van der Waals surface area (Å²) in [5.41, 5.74) is 2.40. The molecule has 4 aromatic carbocycles. The molecule has 0 aliphatic heterocycles. The maximum atomic E-state index is 12.8. The normalized spacial score (nSPS) is 10.7. The van der Waals surface area contributed by atoms with Gasteiger partial charge in [-0.25, -0.2) is 4.98 Å². The van der Waals surface area contributed by atoms with Crippen molar-refractivity contribution in [2.45, 2.75) is 0 Å². The molecular formula is C26H18N2O2S. The molecule has 4 nitrogen and oxygen atoms in total. The van der Waals surface area contributed by atoms with Gasteiger partial charge < -0.3 is 4.74 Å². The van der Waals surface area contributed by atoms with Crippen molar-refractivity contribution in [1.82, 2.24) is 4.98 Å². The van der Waals surface area contributed by atoms with Gasteiger partial charge in [-0.3, -0.25) is 10.1 Å². The molecule has 1 aromatic heterocycles. The van der Waals surface area contributed by atoms with E-state index in [-0.39, 0.29) is 5.91 Å². The fourth-order valence-electron chi connectivity index (χ4n) is 3.40. The Labute approximate surface area is 183 Å². The number of ether oxygens (including phenoxy) is 1. The summed E-state index contributed by atoms with van der Waals surface area (Å²) in [6.45, 7) is 0. The van der Waals surface area contributed by atoms with E-state index in [4.69, 9.17) is 4.74 Å². The second-order valence-corrected chi connectivity index (χ2v) is 7.82. The van der Waals surface area contributed by atoms with E-state index in [2.05, 4.69) is 28.5 Å². The molecule has 150 valence electrons. The molecule has 0 saturated carbocycles. The summed E-state index contributed by atoms with van der Waals surface area (Å²) in [5.74, 6) is 1.10. The summed E-state index contributed by atoms with van der Waals surface area (Å²) >= 11 is 1.41. The van der Waals surface area contributed by atoms with Crippen LogP contribution in [0.2, 0.25) is 0 Å². The Bertz CT molecular complexity index is 1360. The molecule has 1 amide bonds. The van der Waals surface area contributed by atoms with E-state index < -0.39 is 0 Å². The Kier molecular flexibility index (Phi) is 5.17. The molecule has 31 heavy (non-hydrogen) atoms. The number of rotatable bonds is 5. The lowest BCUT2D eigenvalue weighted by atomic mass is 10.0. The SMILES string of the molecule is O=C(Nc1nc(-c2cccc3ccccc23)cs1)c1cccc(Oc2ccccc2)c1. The van der Waals surface area contributed by atoms with Gasteiger partial charge in [-0.2, -0.15) is 0 Å². The number of thiazole rings is 1. The van der Waals surface area contributed by atoms with Gasteiger partial charge in [-0.15, -0.1) is 11.3 Å². The first kappa shape index (κ1) is 19.0. The Morgan fingerprint density at radius 2 is 1.55 bits per heavy atom. The summed E-state index contributed by atoms with van der Waals surface area (Å²) in [6.07, 6.45) is 0. The average molecular weight is 423 g/mol. The molecule has 0 fully saturated rings. The first-order valence-corrected chi connectivity index (χ1v) is 10.7. The molecule has 0 radical (unpaired) electrons. The maximum Gasteiger partial charge on any atom is 0.257 e. The third-order valence-electron chi connectivity index (χ3n) is 4.87. The number of nitrogens with zero attached hydrogens (tertiary/aromatic N) is 1. The molecule has 0 spiro atoms. The number of aromatic nitrogens is 1. The van der Waals surface area contributed by atoms with Crippen LogP contribution in [-0.4, -0.2) is 10.9 Å². The van der Waals surface area contributed by atoms with Crippen molar-refractivity contribution in [3.8, 4) is 22.8 Å². The minimum Gasteiger partial charge on any atom is -0.457 e. The molecule has 0 atom stereocenters. The van der Waals surface area contributed by atoms with Crippen molar-refractivity contribution in [3.63, 3.8) is 0 Å². The molecule has 0 unspecified atom stereocenters. The topological polar surface area (TPSA) is 51.2 Å². The summed E-state index contributed by atoms with van der Waals surface area (Å²) in [4.78, 5) is 17.4. The van der Waals surface area contributed by atoms with Crippen molar-refractivity contribution in [3.05, 3.63) is 108 Å². The molecule has 1 heterocycles. The van der Waals surface area contributed by atoms with E-state index in [0.29, 0.717) is 16.4 Å². The number of hydrogen-bond donors (Lipinski definition) is 1. The Hall–Kier alpha value is -3.96. The van der Waals surface area contributed by atoms with Gasteiger partial charge in [0.2, 0.25) is 0 Å². The standard InChI is InChI=1S/C26H18N2O2S/c29-25(19-10-6-13-21(16-19)30-20-11-2-1-3-12-20)28-26-27-24(17-31-26)23-15-7-9-18-8-4-5-14-22(18)23/h1-17H,(H,27,28,29). The summed E-state index contributed by atoms with van der Waals surface area (Å²) in [7, 11) is 0. The van der Waals surface area contributed by atoms with Gasteiger partial charge >= 0.3 is 0 Å². The smallest absolute Gasteiger partial charge is 0.257 e. The molecule has 5 rings (SSSR count). The number of amides is 1. The van der Waals surface area contributed by atoms with Crippen molar-refractivity contribution >= 4 is 33.1 Å². The van der Waals surface area contributed by atoms with Gasteiger partial charge in [-0.05, 0) is 41.1 Å². The van der Waals surface area contributed by atoms with Gasteiger partial charge in [0.15, 0.2) is 5.13 Å².